The first-order valence-electron chi connectivity index (χ1n) is 5.72. The van der Waals surface area contributed by atoms with Crippen LogP contribution < -0.4 is 0 Å². The van der Waals surface area contributed by atoms with Gasteiger partial charge in [0.25, 0.3) is 0 Å². The minimum atomic E-state index is 0.821. The predicted molar refractivity (Wildman–Crippen MR) is 58.8 cm³/mol. The molecule has 0 bridgehead atoms. The summed E-state index contributed by atoms with van der Waals surface area (Å²) in [7, 11) is 2.29. The highest BCUT2D eigenvalue weighted by Gasteiger charge is 2.29. The van der Waals surface area contributed by atoms with Crippen molar-refractivity contribution in [1.29, 1.82) is 0 Å². The molecule has 0 aromatic rings. The van der Waals surface area contributed by atoms with Crippen LogP contribution in [0, 0.1) is 17.8 Å². The standard InChI is InChI=1S/C12H25N/c1-9(2)12(10(3)4)8-13(5)11-6-7-11/h9-12H,6-8H2,1-5H3. The second-order valence-electron chi connectivity index (χ2n) is 5.32. The Morgan fingerprint density at radius 1 is 1.08 bits per heavy atom. The van der Waals surface area contributed by atoms with Gasteiger partial charge in [0.1, 0.15) is 0 Å². The third kappa shape index (κ3) is 3.30. The fourth-order valence-electron chi connectivity index (χ4n) is 2.19. The molecular formula is C12H25N. The van der Waals surface area contributed by atoms with Crippen LogP contribution in [0.25, 0.3) is 0 Å². The normalized spacial score (nSPS) is 18.2. The lowest BCUT2D eigenvalue weighted by molar-refractivity contribution is 0.185. The molecular weight excluding hydrogens is 158 g/mol. The van der Waals surface area contributed by atoms with E-state index < -0.39 is 0 Å². The zero-order valence-electron chi connectivity index (χ0n) is 9.88. The molecule has 78 valence electrons. The molecule has 0 amide bonds. The Kier molecular flexibility index (Phi) is 3.78. The van der Waals surface area contributed by atoms with Gasteiger partial charge in [-0.05, 0) is 37.6 Å². The largest absolute Gasteiger partial charge is 0.303 e. The Hall–Kier alpha value is -0.0400. The third-order valence-electron chi connectivity index (χ3n) is 3.38. The quantitative estimate of drug-likeness (QED) is 0.633. The maximum absolute atomic E-state index is 2.56. The van der Waals surface area contributed by atoms with Gasteiger partial charge in [-0.25, -0.2) is 0 Å². The molecule has 0 heterocycles. The van der Waals surface area contributed by atoms with Crippen molar-refractivity contribution in [2.45, 2.75) is 46.6 Å². The lowest BCUT2D eigenvalue weighted by Gasteiger charge is -2.29. The van der Waals surface area contributed by atoms with Gasteiger partial charge in [-0.2, -0.15) is 0 Å². The molecule has 1 fully saturated rings. The van der Waals surface area contributed by atoms with Crippen molar-refractivity contribution in [3.8, 4) is 0 Å². The van der Waals surface area contributed by atoms with E-state index in [9.17, 15) is 0 Å². The molecule has 0 aromatic carbocycles. The molecule has 1 saturated carbocycles. The fraction of sp³-hybridized carbons (Fsp3) is 1.00. The second kappa shape index (κ2) is 4.45. The van der Waals surface area contributed by atoms with Gasteiger partial charge in [-0.1, -0.05) is 27.7 Å². The number of hydrogen-bond acceptors (Lipinski definition) is 1. The smallest absolute Gasteiger partial charge is 0.00934 e. The zero-order chi connectivity index (χ0) is 10.0. The van der Waals surface area contributed by atoms with Crippen LogP contribution in [0.5, 0.6) is 0 Å². The van der Waals surface area contributed by atoms with Gasteiger partial charge in [0.2, 0.25) is 0 Å². The van der Waals surface area contributed by atoms with Gasteiger partial charge < -0.3 is 4.90 Å². The Morgan fingerprint density at radius 3 is 1.85 bits per heavy atom. The van der Waals surface area contributed by atoms with Crippen LogP contribution in [-0.2, 0) is 0 Å². The molecule has 0 aromatic heterocycles. The summed E-state index contributed by atoms with van der Waals surface area (Å²) in [5.41, 5.74) is 0. The van der Waals surface area contributed by atoms with Gasteiger partial charge in [0.15, 0.2) is 0 Å². The Balaban J connectivity index is 2.36. The highest BCUT2D eigenvalue weighted by molar-refractivity contribution is 4.84. The molecule has 0 spiro atoms. The van der Waals surface area contributed by atoms with Gasteiger partial charge in [-0.3, -0.25) is 0 Å². The summed E-state index contributed by atoms with van der Waals surface area (Å²) in [6.45, 7) is 10.7. The summed E-state index contributed by atoms with van der Waals surface area (Å²) in [5.74, 6) is 2.51. The Labute approximate surface area is 83.5 Å². The summed E-state index contributed by atoms with van der Waals surface area (Å²) < 4.78 is 0. The van der Waals surface area contributed by atoms with Crippen molar-refractivity contribution in [3.63, 3.8) is 0 Å². The van der Waals surface area contributed by atoms with Crippen molar-refractivity contribution < 1.29 is 0 Å². The van der Waals surface area contributed by atoms with Crippen LogP contribution in [0.15, 0.2) is 0 Å². The summed E-state index contributed by atoms with van der Waals surface area (Å²) in [5, 5.41) is 0. The fourth-order valence-corrected chi connectivity index (χ4v) is 2.19. The molecule has 0 N–H and O–H groups in total. The number of rotatable bonds is 5. The lowest BCUT2D eigenvalue weighted by atomic mass is 9.85. The molecule has 1 heteroatoms. The Bertz CT molecular complexity index is 139. The van der Waals surface area contributed by atoms with Crippen molar-refractivity contribution in [2.75, 3.05) is 13.6 Å². The molecule has 0 saturated heterocycles. The SMILES string of the molecule is CC(C)C(CN(C)C1CC1)C(C)C. The van der Waals surface area contributed by atoms with E-state index in [1.165, 1.54) is 19.4 Å². The molecule has 0 radical (unpaired) electrons. The molecule has 1 rings (SSSR count). The second-order valence-corrected chi connectivity index (χ2v) is 5.32. The van der Waals surface area contributed by atoms with Gasteiger partial charge in [0.05, 0.1) is 0 Å². The van der Waals surface area contributed by atoms with E-state index >= 15 is 0 Å². The molecule has 0 unspecified atom stereocenters. The van der Waals surface area contributed by atoms with E-state index in [1.54, 1.807) is 0 Å². The highest BCUT2D eigenvalue weighted by atomic mass is 15.2. The number of hydrogen-bond donors (Lipinski definition) is 0. The summed E-state index contributed by atoms with van der Waals surface area (Å²) >= 11 is 0. The summed E-state index contributed by atoms with van der Waals surface area (Å²) in [4.78, 5) is 2.56. The molecule has 1 aliphatic carbocycles. The van der Waals surface area contributed by atoms with E-state index in [0.29, 0.717) is 0 Å². The minimum Gasteiger partial charge on any atom is -0.303 e. The van der Waals surface area contributed by atoms with Crippen LogP contribution in [-0.4, -0.2) is 24.5 Å². The van der Waals surface area contributed by atoms with Crippen LogP contribution in [0.3, 0.4) is 0 Å². The van der Waals surface area contributed by atoms with Crippen molar-refractivity contribution in [1.82, 2.24) is 4.90 Å². The van der Waals surface area contributed by atoms with Crippen molar-refractivity contribution >= 4 is 0 Å². The first kappa shape index (κ1) is 11.0. The average Bonchev–Trinajstić information content (AvgIpc) is 2.80. The van der Waals surface area contributed by atoms with Crippen molar-refractivity contribution in [2.24, 2.45) is 17.8 Å². The van der Waals surface area contributed by atoms with E-state index in [2.05, 4.69) is 39.6 Å². The van der Waals surface area contributed by atoms with Crippen LogP contribution in [0.2, 0.25) is 0 Å². The van der Waals surface area contributed by atoms with Crippen LogP contribution in [0.4, 0.5) is 0 Å². The highest BCUT2D eigenvalue weighted by Crippen LogP contribution is 2.29. The first-order chi connectivity index (χ1) is 6.02. The van der Waals surface area contributed by atoms with Gasteiger partial charge in [-0.15, -0.1) is 0 Å². The minimum absolute atomic E-state index is 0.821. The van der Waals surface area contributed by atoms with Crippen molar-refractivity contribution in [3.05, 3.63) is 0 Å². The molecule has 1 aliphatic rings. The maximum Gasteiger partial charge on any atom is 0.00934 e. The molecule has 0 atom stereocenters. The molecule has 0 aliphatic heterocycles. The summed E-state index contributed by atoms with van der Waals surface area (Å²) in [6.07, 6.45) is 2.86. The van der Waals surface area contributed by atoms with E-state index in [4.69, 9.17) is 0 Å². The molecule has 13 heavy (non-hydrogen) atoms. The summed E-state index contributed by atoms with van der Waals surface area (Å²) in [6, 6.07) is 0.917. The monoisotopic (exact) mass is 183 g/mol. The molecule has 1 nitrogen and oxygen atoms in total. The van der Waals surface area contributed by atoms with Gasteiger partial charge in [0, 0.05) is 12.6 Å². The predicted octanol–water partition coefficient (Wildman–Crippen LogP) is 3.01. The zero-order valence-corrected chi connectivity index (χ0v) is 9.88. The first-order valence-corrected chi connectivity index (χ1v) is 5.72. The van der Waals surface area contributed by atoms with Crippen LogP contribution in [0.1, 0.15) is 40.5 Å². The van der Waals surface area contributed by atoms with E-state index in [1.807, 2.05) is 0 Å². The lowest BCUT2D eigenvalue weighted by Crippen LogP contribution is -2.32. The Morgan fingerprint density at radius 2 is 1.54 bits per heavy atom. The van der Waals surface area contributed by atoms with Gasteiger partial charge >= 0.3 is 0 Å². The number of nitrogens with zero attached hydrogens (tertiary/aromatic N) is 1. The van der Waals surface area contributed by atoms with E-state index in [0.717, 1.165) is 23.8 Å². The van der Waals surface area contributed by atoms with E-state index in [-0.39, 0.29) is 0 Å². The maximum atomic E-state index is 2.56. The van der Waals surface area contributed by atoms with Crippen LogP contribution >= 0.6 is 0 Å². The topological polar surface area (TPSA) is 3.24 Å². The average molecular weight is 183 g/mol. The third-order valence-corrected chi connectivity index (χ3v) is 3.38.